The molecule has 0 aliphatic heterocycles. The lowest BCUT2D eigenvalue weighted by Gasteiger charge is -2.17. The molecular formula is C8H20N2O. The molecule has 1 unspecified atom stereocenters. The number of nitrogens with zero attached hydrogens (tertiary/aromatic N) is 1. The summed E-state index contributed by atoms with van der Waals surface area (Å²) in [6, 6.07) is 0.488. The van der Waals surface area contributed by atoms with Crippen molar-refractivity contribution in [3.8, 4) is 0 Å². The predicted octanol–water partition coefficient (Wildman–Crippen LogP) is 0.173. The Morgan fingerprint density at radius 2 is 2.09 bits per heavy atom. The van der Waals surface area contributed by atoms with Crippen LogP contribution in [0.5, 0.6) is 0 Å². The third-order valence-corrected chi connectivity index (χ3v) is 1.70. The van der Waals surface area contributed by atoms with Crippen molar-refractivity contribution in [1.82, 2.24) is 10.2 Å². The second-order valence-electron chi connectivity index (χ2n) is 3.03. The van der Waals surface area contributed by atoms with Crippen LogP contribution in [0.4, 0.5) is 0 Å². The molecule has 68 valence electrons. The minimum absolute atomic E-state index is 0.488. The van der Waals surface area contributed by atoms with Crippen LogP contribution >= 0.6 is 0 Å². The lowest BCUT2D eigenvalue weighted by atomic mass is 10.2. The molecule has 0 aromatic rings. The van der Waals surface area contributed by atoms with Crippen LogP contribution in [0.2, 0.25) is 0 Å². The quantitative estimate of drug-likeness (QED) is 0.599. The molecule has 0 heterocycles. The second kappa shape index (κ2) is 6.58. The molecule has 0 amide bonds. The third kappa shape index (κ3) is 6.28. The molecule has 11 heavy (non-hydrogen) atoms. The van der Waals surface area contributed by atoms with E-state index in [0.717, 1.165) is 19.6 Å². The third-order valence-electron chi connectivity index (χ3n) is 1.70. The monoisotopic (exact) mass is 160 g/mol. The van der Waals surface area contributed by atoms with Crippen molar-refractivity contribution in [2.45, 2.75) is 12.5 Å². The van der Waals surface area contributed by atoms with Crippen molar-refractivity contribution in [3.05, 3.63) is 0 Å². The van der Waals surface area contributed by atoms with Gasteiger partial charge in [0.05, 0.1) is 6.61 Å². The average molecular weight is 160 g/mol. The number of ether oxygens (including phenoxy) is 1. The highest BCUT2D eigenvalue weighted by Crippen LogP contribution is 1.92. The Kier molecular flexibility index (Phi) is 6.51. The second-order valence-corrected chi connectivity index (χ2v) is 3.03. The minimum Gasteiger partial charge on any atom is -0.383 e. The molecule has 3 heteroatoms. The molecule has 0 aromatic carbocycles. The summed E-state index contributed by atoms with van der Waals surface area (Å²) in [7, 11) is 7.87. The smallest absolute Gasteiger partial charge is 0.0616 e. The van der Waals surface area contributed by atoms with Gasteiger partial charge in [0.1, 0.15) is 0 Å². The number of likely N-dealkylation sites (N-methyl/N-ethyl adjacent to an activating group) is 1. The highest BCUT2D eigenvalue weighted by molar-refractivity contribution is 4.64. The van der Waals surface area contributed by atoms with Gasteiger partial charge in [-0.15, -0.1) is 0 Å². The van der Waals surface area contributed by atoms with Crippen molar-refractivity contribution in [2.24, 2.45) is 0 Å². The highest BCUT2D eigenvalue weighted by Gasteiger charge is 2.04. The molecule has 0 aliphatic rings. The van der Waals surface area contributed by atoms with E-state index >= 15 is 0 Å². The van der Waals surface area contributed by atoms with E-state index in [1.165, 1.54) is 0 Å². The highest BCUT2D eigenvalue weighted by atomic mass is 16.5. The van der Waals surface area contributed by atoms with Crippen molar-refractivity contribution >= 4 is 0 Å². The fraction of sp³-hybridized carbons (Fsp3) is 1.00. The van der Waals surface area contributed by atoms with E-state index < -0.39 is 0 Å². The summed E-state index contributed by atoms with van der Waals surface area (Å²) < 4.78 is 5.05. The maximum atomic E-state index is 5.05. The van der Waals surface area contributed by atoms with E-state index in [2.05, 4.69) is 24.3 Å². The van der Waals surface area contributed by atoms with Gasteiger partial charge in [0, 0.05) is 13.2 Å². The first-order chi connectivity index (χ1) is 5.20. The number of rotatable bonds is 6. The van der Waals surface area contributed by atoms with Gasteiger partial charge in [0.15, 0.2) is 0 Å². The first kappa shape index (κ1) is 10.9. The van der Waals surface area contributed by atoms with Gasteiger partial charge < -0.3 is 15.0 Å². The minimum atomic E-state index is 0.488. The Morgan fingerprint density at radius 3 is 2.45 bits per heavy atom. The molecule has 1 atom stereocenters. The summed E-state index contributed by atoms with van der Waals surface area (Å²) in [5.74, 6) is 0. The lowest BCUT2D eigenvalue weighted by Crippen LogP contribution is -2.33. The number of hydrogen-bond donors (Lipinski definition) is 1. The number of hydrogen-bond acceptors (Lipinski definition) is 3. The van der Waals surface area contributed by atoms with Crippen molar-refractivity contribution in [3.63, 3.8) is 0 Å². The van der Waals surface area contributed by atoms with Gasteiger partial charge in [-0.25, -0.2) is 0 Å². The van der Waals surface area contributed by atoms with Gasteiger partial charge in [-0.1, -0.05) is 0 Å². The Hall–Kier alpha value is -0.120. The Balaban J connectivity index is 3.35. The summed E-state index contributed by atoms with van der Waals surface area (Å²) in [6.07, 6.45) is 1.14. The summed E-state index contributed by atoms with van der Waals surface area (Å²) in [5, 5.41) is 3.21. The topological polar surface area (TPSA) is 24.5 Å². The van der Waals surface area contributed by atoms with E-state index in [9.17, 15) is 0 Å². The predicted molar refractivity (Wildman–Crippen MR) is 47.9 cm³/mol. The van der Waals surface area contributed by atoms with Crippen LogP contribution in [0, 0.1) is 0 Å². The van der Waals surface area contributed by atoms with Crippen LogP contribution in [0.15, 0.2) is 0 Å². The van der Waals surface area contributed by atoms with Crippen LogP contribution < -0.4 is 5.32 Å². The SMILES string of the molecule is CNC(CCN(C)C)COC. The number of nitrogens with one attached hydrogen (secondary N) is 1. The fourth-order valence-corrected chi connectivity index (χ4v) is 0.926. The first-order valence-corrected chi connectivity index (χ1v) is 4.01. The number of methoxy groups -OCH3 is 1. The molecule has 0 aliphatic carbocycles. The van der Waals surface area contributed by atoms with E-state index in [0.29, 0.717) is 6.04 Å². The van der Waals surface area contributed by atoms with Crippen molar-refractivity contribution < 1.29 is 4.74 Å². The fourth-order valence-electron chi connectivity index (χ4n) is 0.926. The first-order valence-electron chi connectivity index (χ1n) is 4.01. The lowest BCUT2D eigenvalue weighted by molar-refractivity contribution is 0.161. The molecule has 0 fully saturated rings. The van der Waals surface area contributed by atoms with Crippen LogP contribution in [-0.4, -0.2) is 52.3 Å². The van der Waals surface area contributed by atoms with Gasteiger partial charge in [-0.05, 0) is 34.1 Å². The standard InChI is InChI=1S/C8H20N2O/c1-9-8(7-11-4)5-6-10(2)3/h8-9H,5-7H2,1-4H3. The molecule has 3 nitrogen and oxygen atoms in total. The van der Waals surface area contributed by atoms with Gasteiger partial charge in [-0.3, -0.25) is 0 Å². The molecule has 0 rings (SSSR count). The summed E-state index contributed by atoms with van der Waals surface area (Å²) in [4.78, 5) is 2.18. The van der Waals surface area contributed by atoms with E-state index in [1.54, 1.807) is 7.11 Å². The molecule has 0 saturated heterocycles. The van der Waals surface area contributed by atoms with Crippen LogP contribution in [0.1, 0.15) is 6.42 Å². The molecule has 0 radical (unpaired) electrons. The van der Waals surface area contributed by atoms with Crippen molar-refractivity contribution in [1.29, 1.82) is 0 Å². The zero-order valence-electron chi connectivity index (χ0n) is 8.05. The summed E-state index contributed by atoms with van der Waals surface area (Å²) in [6.45, 7) is 1.90. The molecule has 0 saturated carbocycles. The molecule has 1 N–H and O–H groups in total. The van der Waals surface area contributed by atoms with Crippen molar-refractivity contribution in [2.75, 3.05) is 41.4 Å². The Bertz CT molecular complexity index is 86.2. The van der Waals surface area contributed by atoms with Gasteiger partial charge >= 0.3 is 0 Å². The zero-order valence-corrected chi connectivity index (χ0v) is 8.05. The molecular weight excluding hydrogens is 140 g/mol. The normalized spacial score (nSPS) is 13.9. The van der Waals surface area contributed by atoms with E-state index in [-0.39, 0.29) is 0 Å². The average Bonchev–Trinajstić information content (AvgIpc) is 1.97. The molecule has 0 bridgehead atoms. The van der Waals surface area contributed by atoms with E-state index in [1.807, 2.05) is 7.05 Å². The Labute approximate surface area is 69.7 Å². The van der Waals surface area contributed by atoms with Crippen LogP contribution in [0.25, 0.3) is 0 Å². The van der Waals surface area contributed by atoms with Crippen LogP contribution in [0.3, 0.4) is 0 Å². The van der Waals surface area contributed by atoms with Crippen LogP contribution in [-0.2, 0) is 4.74 Å². The largest absolute Gasteiger partial charge is 0.383 e. The van der Waals surface area contributed by atoms with E-state index in [4.69, 9.17) is 4.74 Å². The van der Waals surface area contributed by atoms with Gasteiger partial charge in [0.25, 0.3) is 0 Å². The Morgan fingerprint density at radius 1 is 1.45 bits per heavy atom. The summed E-state index contributed by atoms with van der Waals surface area (Å²) in [5.41, 5.74) is 0. The zero-order chi connectivity index (χ0) is 8.69. The maximum Gasteiger partial charge on any atom is 0.0616 e. The van der Waals surface area contributed by atoms with Gasteiger partial charge in [-0.2, -0.15) is 0 Å². The maximum absolute atomic E-state index is 5.05. The summed E-state index contributed by atoms with van der Waals surface area (Å²) >= 11 is 0. The molecule has 0 aromatic heterocycles. The molecule has 0 spiro atoms. The van der Waals surface area contributed by atoms with Gasteiger partial charge in [0.2, 0.25) is 0 Å².